The van der Waals surface area contributed by atoms with Crippen LogP contribution in [0.25, 0.3) is 0 Å². The van der Waals surface area contributed by atoms with Crippen LogP contribution in [-0.4, -0.2) is 44.0 Å². The van der Waals surface area contributed by atoms with Gasteiger partial charge in [0.25, 0.3) is 11.6 Å². The Morgan fingerprint density at radius 1 is 0.944 bits per heavy atom. The molecule has 3 aromatic rings. The number of rotatable bonds is 6. The Hall–Kier alpha value is -4.44. The normalized spacial score (nSPS) is 21.0. The number of ether oxygens (including phenoxy) is 1. The van der Waals surface area contributed by atoms with Crippen LogP contribution in [0.2, 0.25) is 0 Å². The Balaban J connectivity index is 1.57. The quantitative estimate of drug-likeness (QED) is 0.294. The number of nitro benzene ring substituents is 1. The molecule has 10 nitrogen and oxygen atoms in total. The molecule has 2 amide bonds. The van der Waals surface area contributed by atoms with E-state index >= 15 is 0 Å². The number of nitrogens with zero attached hydrogens (tertiary/aromatic N) is 4. The molecule has 2 aliphatic rings. The van der Waals surface area contributed by atoms with Gasteiger partial charge in [-0.05, 0) is 48.0 Å². The Morgan fingerprint density at radius 2 is 1.64 bits per heavy atom. The van der Waals surface area contributed by atoms with Crippen molar-refractivity contribution in [3.63, 3.8) is 0 Å². The summed E-state index contributed by atoms with van der Waals surface area (Å²) in [6.45, 7) is 0. The van der Waals surface area contributed by atoms with Crippen LogP contribution < -0.4 is 19.6 Å². The molecule has 2 saturated heterocycles. The van der Waals surface area contributed by atoms with E-state index in [0.29, 0.717) is 17.1 Å². The van der Waals surface area contributed by atoms with Crippen LogP contribution in [0.15, 0.2) is 72.8 Å². The lowest BCUT2D eigenvalue weighted by Gasteiger charge is -2.29. The molecule has 0 unspecified atom stereocenters. The summed E-state index contributed by atoms with van der Waals surface area (Å²) in [5.41, 5.74) is 2.40. The van der Waals surface area contributed by atoms with E-state index in [1.54, 1.807) is 36.4 Å². The number of carbonyl (C=O) groups is 2. The number of nitro groups is 1. The third kappa shape index (κ3) is 3.81. The van der Waals surface area contributed by atoms with Gasteiger partial charge in [0.2, 0.25) is 5.91 Å². The van der Waals surface area contributed by atoms with Crippen molar-refractivity contribution < 1.29 is 24.1 Å². The predicted octanol–water partition coefficient (Wildman–Crippen LogP) is 3.72. The fourth-order valence-electron chi connectivity index (χ4n) is 4.68. The molecule has 0 bridgehead atoms. The Labute approximate surface area is 207 Å². The Bertz CT molecular complexity index is 1330. The number of non-ortho nitro benzene ring substituents is 1. The van der Waals surface area contributed by atoms with Crippen LogP contribution in [0.4, 0.5) is 22.7 Å². The number of hydrogen-bond acceptors (Lipinski definition) is 8. The van der Waals surface area contributed by atoms with Crippen LogP contribution in [0, 0.1) is 16.0 Å². The highest BCUT2D eigenvalue weighted by atomic mass is 16.7. The summed E-state index contributed by atoms with van der Waals surface area (Å²) in [5, 5.41) is 12.8. The first-order valence-corrected chi connectivity index (χ1v) is 11.3. The smallest absolute Gasteiger partial charge is 0.271 e. The second-order valence-corrected chi connectivity index (χ2v) is 8.80. The first kappa shape index (κ1) is 23.3. The van der Waals surface area contributed by atoms with Crippen molar-refractivity contribution in [2.24, 2.45) is 5.92 Å². The minimum atomic E-state index is -1.07. The van der Waals surface area contributed by atoms with Gasteiger partial charge in [-0.2, -0.15) is 0 Å². The number of methoxy groups -OCH3 is 1. The van der Waals surface area contributed by atoms with Crippen molar-refractivity contribution in [1.29, 1.82) is 0 Å². The van der Waals surface area contributed by atoms with Crippen molar-refractivity contribution in [3.05, 3.63) is 88.5 Å². The SMILES string of the molecule is COc1ccc(N2C(=O)[C@H]3[C@H](ON(c4cccc([N+](=O)[O-])c4)[C@H]3c3ccc(N(C)C)cc3)C2=O)cc1. The van der Waals surface area contributed by atoms with Crippen LogP contribution in [0.3, 0.4) is 0 Å². The molecule has 2 fully saturated rings. The molecular formula is C26H24N4O6. The zero-order valence-corrected chi connectivity index (χ0v) is 19.9. The molecule has 0 aromatic heterocycles. The summed E-state index contributed by atoms with van der Waals surface area (Å²) in [6.07, 6.45) is -1.07. The Morgan fingerprint density at radius 3 is 2.25 bits per heavy atom. The van der Waals surface area contributed by atoms with E-state index in [1.807, 2.05) is 43.3 Å². The molecule has 0 saturated carbocycles. The topological polar surface area (TPSA) is 105 Å². The highest BCUT2D eigenvalue weighted by Gasteiger charge is 2.60. The molecule has 3 atom stereocenters. The van der Waals surface area contributed by atoms with Gasteiger partial charge in [0.1, 0.15) is 11.7 Å². The van der Waals surface area contributed by atoms with E-state index in [-0.39, 0.29) is 5.69 Å². The van der Waals surface area contributed by atoms with Crippen LogP contribution in [-0.2, 0) is 14.4 Å². The van der Waals surface area contributed by atoms with Crippen molar-refractivity contribution >= 4 is 34.6 Å². The van der Waals surface area contributed by atoms with Crippen molar-refractivity contribution in [2.75, 3.05) is 36.1 Å². The molecule has 5 rings (SSSR count). The molecule has 0 spiro atoms. The van der Waals surface area contributed by atoms with E-state index in [9.17, 15) is 19.7 Å². The van der Waals surface area contributed by atoms with E-state index in [4.69, 9.17) is 9.57 Å². The van der Waals surface area contributed by atoms with Crippen LogP contribution in [0.5, 0.6) is 5.75 Å². The second-order valence-electron chi connectivity index (χ2n) is 8.80. The summed E-state index contributed by atoms with van der Waals surface area (Å²) >= 11 is 0. The number of anilines is 3. The lowest BCUT2D eigenvalue weighted by Crippen LogP contribution is -2.37. The summed E-state index contributed by atoms with van der Waals surface area (Å²) in [4.78, 5) is 47.2. The number of amides is 2. The molecule has 0 N–H and O–H groups in total. The minimum Gasteiger partial charge on any atom is -0.497 e. The average molecular weight is 489 g/mol. The largest absolute Gasteiger partial charge is 0.497 e. The number of benzene rings is 3. The van der Waals surface area contributed by atoms with Gasteiger partial charge < -0.3 is 9.64 Å². The number of fused-ring (bicyclic) bond motifs is 1. The van der Waals surface area contributed by atoms with Crippen molar-refractivity contribution in [1.82, 2.24) is 0 Å². The fraction of sp³-hybridized carbons (Fsp3) is 0.231. The molecular weight excluding hydrogens is 464 g/mol. The summed E-state index contributed by atoms with van der Waals surface area (Å²) in [5.74, 6) is -1.13. The molecule has 36 heavy (non-hydrogen) atoms. The molecule has 10 heteroatoms. The van der Waals surface area contributed by atoms with Gasteiger partial charge in [-0.25, -0.2) is 9.96 Å². The lowest BCUT2D eigenvalue weighted by atomic mass is 9.90. The second kappa shape index (κ2) is 8.97. The number of hydroxylamine groups is 1. The molecule has 2 aliphatic heterocycles. The van der Waals surface area contributed by atoms with Crippen LogP contribution >= 0.6 is 0 Å². The zero-order valence-electron chi connectivity index (χ0n) is 19.9. The third-order valence-corrected chi connectivity index (χ3v) is 6.49. The first-order valence-electron chi connectivity index (χ1n) is 11.3. The van der Waals surface area contributed by atoms with Crippen molar-refractivity contribution in [2.45, 2.75) is 12.1 Å². The van der Waals surface area contributed by atoms with Gasteiger partial charge in [0, 0.05) is 31.9 Å². The van der Waals surface area contributed by atoms with Gasteiger partial charge in [-0.15, -0.1) is 0 Å². The first-order chi connectivity index (χ1) is 17.3. The number of imide groups is 1. The monoisotopic (exact) mass is 488 g/mol. The van der Waals surface area contributed by atoms with Crippen LogP contribution in [0.1, 0.15) is 11.6 Å². The molecule has 3 aromatic carbocycles. The summed E-state index contributed by atoms with van der Waals surface area (Å²) < 4.78 is 5.18. The van der Waals surface area contributed by atoms with E-state index in [0.717, 1.165) is 16.2 Å². The Kier molecular flexibility index (Phi) is 5.81. The maximum atomic E-state index is 13.7. The van der Waals surface area contributed by atoms with Gasteiger partial charge in [0.15, 0.2) is 6.10 Å². The van der Waals surface area contributed by atoms with E-state index < -0.39 is 34.8 Å². The standard InChI is InChI=1S/C26H24N4O6/c1-27(2)17-9-7-16(8-10-17)23-22-24(36-29(23)19-5-4-6-20(15-19)30(33)34)26(32)28(25(22)31)18-11-13-21(35-3)14-12-18/h4-15,22-24H,1-3H3/t22-,23+,24+/m1/s1. The van der Waals surface area contributed by atoms with Gasteiger partial charge >= 0.3 is 0 Å². The highest BCUT2D eigenvalue weighted by molar-refractivity contribution is 6.23. The molecule has 0 radical (unpaired) electrons. The summed E-state index contributed by atoms with van der Waals surface area (Å²) in [7, 11) is 5.38. The third-order valence-electron chi connectivity index (χ3n) is 6.49. The van der Waals surface area contributed by atoms with E-state index in [2.05, 4.69) is 0 Å². The number of carbonyl (C=O) groups excluding carboxylic acids is 2. The predicted molar refractivity (Wildman–Crippen MR) is 133 cm³/mol. The minimum absolute atomic E-state index is 0.118. The average Bonchev–Trinajstić information content (AvgIpc) is 3.40. The number of hydrogen-bond donors (Lipinski definition) is 0. The maximum Gasteiger partial charge on any atom is 0.271 e. The highest BCUT2D eigenvalue weighted by Crippen LogP contribution is 2.48. The van der Waals surface area contributed by atoms with Crippen molar-refractivity contribution in [3.8, 4) is 5.75 Å². The van der Waals surface area contributed by atoms with Gasteiger partial charge in [-0.3, -0.25) is 24.5 Å². The van der Waals surface area contributed by atoms with Gasteiger partial charge in [-0.1, -0.05) is 18.2 Å². The maximum absolute atomic E-state index is 13.7. The van der Waals surface area contributed by atoms with Gasteiger partial charge in [0.05, 0.1) is 29.4 Å². The molecule has 184 valence electrons. The molecule has 0 aliphatic carbocycles. The lowest BCUT2D eigenvalue weighted by molar-refractivity contribution is -0.384. The molecule has 2 heterocycles. The van der Waals surface area contributed by atoms with E-state index in [1.165, 1.54) is 24.3 Å². The zero-order chi connectivity index (χ0) is 25.6. The summed E-state index contributed by atoms with van der Waals surface area (Å²) in [6, 6.07) is 19.5. The fourth-order valence-corrected chi connectivity index (χ4v) is 4.68.